The van der Waals surface area contributed by atoms with Crippen molar-refractivity contribution < 1.29 is 13.6 Å². The highest BCUT2D eigenvalue weighted by molar-refractivity contribution is 6.71. The molecule has 0 aromatic heterocycles. The fraction of sp³-hybridized carbons (Fsp3) is 0.900. The Labute approximate surface area is 88.0 Å². The molecule has 0 saturated carbocycles. The van der Waals surface area contributed by atoms with Crippen LogP contribution in [0.3, 0.4) is 0 Å². The van der Waals surface area contributed by atoms with Crippen molar-refractivity contribution in [1.29, 1.82) is 0 Å². The Kier molecular flexibility index (Phi) is 7.05. The van der Waals surface area contributed by atoms with E-state index in [0.29, 0.717) is 13.2 Å². The number of carbonyl (C=O) groups excluding carboxylic acids is 1. The molecule has 84 valence electrons. The number of rotatable bonds is 8. The third kappa shape index (κ3) is 3.19. The van der Waals surface area contributed by atoms with E-state index in [1.807, 2.05) is 27.7 Å². The van der Waals surface area contributed by atoms with Gasteiger partial charge < -0.3 is 13.6 Å². The molecule has 0 aliphatic heterocycles. The normalized spacial score (nSPS) is 14.0. The molecule has 0 aromatic carbocycles. The van der Waals surface area contributed by atoms with Crippen LogP contribution in [-0.2, 0) is 13.6 Å². The molecule has 0 aromatic rings. The van der Waals surface area contributed by atoms with Crippen LogP contribution in [0.15, 0.2) is 0 Å². The van der Waals surface area contributed by atoms with E-state index >= 15 is 0 Å². The van der Waals surface area contributed by atoms with Gasteiger partial charge in [0, 0.05) is 13.2 Å². The van der Waals surface area contributed by atoms with Gasteiger partial charge >= 0.3 is 8.56 Å². The van der Waals surface area contributed by atoms with Crippen molar-refractivity contribution in [3.63, 3.8) is 0 Å². The first-order chi connectivity index (χ1) is 6.70. The summed E-state index contributed by atoms with van der Waals surface area (Å²) in [6, 6.07) is 0.839. The molecule has 0 amide bonds. The maximum Gasteiger partial charge on any atom is 0.348 e. The van der Waals surface area contributed by atoms with Gasteiger partial charge in [0.1, 0.15) is 6.29 Å². The zero-order valence-electron chi connectivity index (χ0n) is 9.71. The highest BCUT2D eigenvalue weighted by atomic mass is 28.4. The fourth-order valence-corrected chi connectivity index (χ4v) is 4.97. The van der Waals surface area contributed by atoms with Gasteiger partial charge in [0.05, 0.1) is 5.54 Å². The molecule has 0 rings (SSSR count). The summed E-state index contributed by atoms with van der Waals surface area (Å²) < 4.78 is 11.5. The lowest BCUT2D eigenvalue weighted by Crippen LogP contribution is -2.47. The maximum atomic E-state index is 11.0. The Morgan fingerprint density at radius 2 is 1.64 bits per heavy atom. The van der Waals surface area contributed by atoms with Crippen LogP contribution in [0, 0.1) is 0 Å². The topological polar surface area (TPSA) is 35.5 Å². The van der Waals surface area contributed by atoms with Gasteiger partial charge in [-0.05, 0) is 26.3 Å². The van der Waals surface area contributed by atoms with Crippen molar-refractivity contribution in [2.45, 2.75) is 45.7 Å². The van der Waals surface area contributed by atoms with E-state index < -0.39 is 8.56 Å². The van der Waals surface area contributed by atoms with Gasteiger partial charge in [-0.2, -0.15) is 0 Å². The lowest BCUT2D eigenvalue weighted by atomic mass is 10.4. The molecule has 0 aliphatic rings. The van der Waals surface area contributed by atoms with Gasteiger partial charge in [-0.25, -0.2) is 0 Å². The summed E-state index contributed by atoms with van der Waals surface area (Å²) in [5, 5.41) is 0. The lowest BCUT2D eigenvalue weighted by Gasteiger charge is -2.32. The molecule has 0 N–H and O–H groups in total. The molecule has 14 heavy (non-hydrogen) atoms. The predicted octanol–water partition coefficient (Wildman–Crippen LogP) is 2.50. The second-order valence-corrected chi connectivity index (χ2v) is 6.83. The third-order valence-corrected chi connectivity index (χ3v) is 6.65. The van der Waals surface area contributed by atoms with E-state index in [4.69, 9.17) is 8.85 Å². The van der Waals surface area contributed by atoms with Gasteiger partial charge in [-0.15, -0.1) is 0 Å². The fourth-order valence-electron chi connectivity index (χ4n) is 1.72. The molecule has 0 fully saturated rings. The third-order valence-electron chi connectivity index (χ3n) is 2.44. The summed E-state index contributed by atoms with van der Waals surface area (Å²) in [7, 11) is -2.27. The average Bonchev–Trinajstić information content (AvgIpc) is 2.20. The van der Waals surface area contributed by atoms with Crippen molar-refractivity contribution in [1.82, 2.24) is 0 Å². The minimum absolute atomic E-state index is 0.0348. The van der Waals surface area contributed by atoms with Crippen LogP contribution < -0.4 is 0 Å². The lowest BCUT2D eigenvalue weighted by molar-refractivity contribution is -0.108. The standard InChI is InChI=1S/C10H22O3Si/c1-5-10(9-11)14(8-4,12-6-2)13-7-3/h9-10H,5-8H2,1-4H3. The Morgan fingerprint density at radius 1 is 1.14 bits per heavy atom. The molecule has 1 unspecified atom stereocenters. The van der Waals surface area contributed by atoms with Crippen molar-refractivity contribution in [3.8, 4) is 0 Å². The van der Waals surface area contributed by atoms with Crippen molar-refractivity contribution >= 4 is 14.8 Å². The highest BCUT2D eigenvalue weighted by Gasteiger charge is 2.43. The van der Waals surface area contributed by atoms with E-state index in [0.717, 1.165) is 18.8 Å². The van der Waals surface area contributed by atoms with Crippen LogP contribution in [0.25, 0.3) is 0 Å². The van der Waals surface area contributed by atoms with Gasteiger partial charge in [0.2, 0.25) is 0 Å². The Bertz CT molecular complexity index is 155. The SMILES string of the molecule is CCO[Si](CC)(OCC)C(C=O)CC. The number of hydrogen-bond acceptors (Lipinski definition) is 3. The van der Waals surface area contributed by atoms with E-state index in [9.17, 15) is 4.79 Å². The second-order valence-electron chi connectivity index (χ2n) is 3.18. The van der Waals surface area contributed by atoms with Gasteiger partial charge in [-0.3, -0.25) is 0 Å². The minimum atomic E-state index is -2.27. The molecule has 0 radical (unpaired) electrons. The molecule has 4 heteroatoms. The Balaban J connectivity index is 4.68. The first-order valence-electron chi connectivity index (χ1n) is 5.43. The highest BCUT2D eigenvalue weighted by Crippen LogP contribution is 2.29. The van der Waals surface area contributed by atoms with Gasteiger partial charge in [0.15, 0.2) is 0 Å². The number of hydrogen-bond donors (Lipinski definition) is 0. The molecule has 3 nitrogen and oxygen atoms in total. The summed E-state index contributed by atoms with van der Waals surface area (Å²) in [6.45, 7) is 9.22. The molecule has 0 bridgehead atoms. The molecule has 0 spiro atoms. The minimum Gasteiger partial charge on any atom is -0.394 e. The predicted molar refractivity (Wildman–Crippen MR) is 59.6 cm³/mol. The zero-order valence-corrected chi connectivity index (χ0v) is 10.7. The van der Waals surface area contributed by atoms with Crippen LogP contribution in [0.1, 0.15) is 34.1 Å². The number of aldehydes is 1. The largest absolute Gasteiger partial charge is 0.394 e. The molecule has 0 heterocycles. The van der Waals surface area contributed by atoms with E-state index in [2.05, 4.69) is 0 Å². The van der Waals surface area contributed by atoms with E-state index in [1.54, 1.807) is 0 Å². The Hall–Kier alpha value is -0.193. The Morgan fingerprint density at radius 3 is 1.86 bits per heavy atom. The summed E-state index contributed by atoms with van der Waals surface area (Å²) in [6.07, 6.45) is 1.81. The maximum absolute atomic E-state index is 11.0. The van der Waals surface area contributed by atoms with Gasteiger partial charge in [0.25, 0.3) is 0 Å². The van der Waals surface area contributed by atoms with Crippen LogP contribution >= 0.6 is 0 Å². The average molecular weight is 218 g/mol. The van der Waals surface area contributed by atoms with Crippen LogP contribution in [0.2, 0.25) is 11.6 Å². The smallest absolute Gasteiger partial charge is 0.348 e. The zero-order chi connectivity index (χ0) is 11.0. The van der Waals surface area contributed by atoms with Crippen molar-refractivity contribution in [2.75, 3.05) is 13.2 Å². The molecule has 0 aliphatic carbocycles. The molecule has 1 atom stereocenters. The summed E-state index contributed by atoms with van der Waals surface area (Å²) >= 11 is 0. The first-order valence-corrected chi connectivity index (χ1v) is 7.53. The quantitative estimate of drug-likeness (QED) is 0.464. The van der Waals surface area contributed by atoms with E-state index in [1.165, 1.54) is 0 Å². The van der Waals surface area contributed by atoms with Crippen LogP contribution in [-0.4, -0.2) is 28.1 Å². The number of carbonyl (C=O) groups is 1. The summed E-state index contributed by atoms with van der Waals surface area (Å²) in [5.41, 5.74) is -0.0348. The molecule has 0 saturated heterocycles. The van der Waals surface area contributed by atoms with Gasteiger partial charge in [-0.1, -0.05) is 13.8 Å². The molecular formula is C10H22O3Si. The summed E-state index contributed by atoms with van der Waals surface area (Å²) in [4.78, 5) is 11.0. The van der Waals surface area contributed by atoms with E-state index in [-0.39, 0.29) is 5.54 Å². The van der Waals surface area contributed by atoms with Crippen LogP contribution in [0.5, 0.6) is 0 Å². The van der Waals surface area contributed by atoms with Crippen LogP contribution in [0.4, 0.5) is 0 Å². The monoisotopic (exact) mass is 218 g/mol. The van der Waals surface area contributed by atoms with Crippen molar-refractivity contribution in [3.05, 3.63) is 0 Å². The second kappa shape index (κ2) is 7.15. The summed E-state index contributed by atoms with van der Waals surface area (Å²) in [5.74, 6) is 0. The van der Waals surface area contributed by atoms with Crippen molar-refractivity contribution in [2.24, 2.45) is 0 Å². The first kappa shape index (κ1) is 13.8. The molecular weight excluding hydrogens is 196 g/mol.